The van der Waals surface area contributed by atoms with Crippen molar-refractivity contribution in [3.05, 3.63) is 23.5 Å². The third-order valence-corrected chi connectivity index (χ3v) is 8.83. The Bertz CT molecular complexity index is 768. The van der Waals surface area contributed by atoms with Crippen LogP contribution in [0.3, 0.4) is 0 Å². The summed E-state index contributed by atoms with van der Waals surface area (Å²) < 4.78 is 28.2. The summed E-state index contributed by atoms with van der Waals surface area (Å²) in [5.74, 6) is 0. The molecule has 1 unspecified atom stereocenters. The fourth-order valence-electron chi connectivity index (χ4n) is 4.81. The van der Waals surface area contributed by atoms with E-state index in [1.165, 1.54) is 5.69 Å². The van der Waals surface area contributed by atoms with Crippen molar-refractivity contribution in [2.24, 2.45) is 0 Å². The Kier molecular flexibility index (Phi) is 5.45. The van der Waals surface area contributed by atoms with Crippen molar-refractivity contribution in [2.45, 2.75) is 56.7 Å². The largest absolute Gasteiger partial charge is 0.369 e. The predicted octanol–water partition coefficient (Wildman–Crippen LogP) is 2.55. The van der Waals surface area contributed by atoms with Crippen molar-refractivity contribution in [1.29, 1.82) is 0 Å². The van der Waals surface area contributed by atoms with Gasteiger partial charge in [-0.2, -0.15) is 4.31 Å². The zero-order valence-corrected chi connectivity index (χ0v) is 17.4. The van der Waals surface area contributed by atoms with Crippen molar-refractivity contribution in [1.82, 2.24) is 14.2 Å². The molecule has 27 heavy (non-hydrogen) atoms. The van der Waals surface area contributed by atoms with E-state index in [1.54, 1.807) is 4.31 Å². The van der Waals surface area contributed by atoms with Crippen LogP contribution in [0.2, 0.25) is 0 Å². The van der Waals surface area contributed by atoms with Gasteiger partial charge in [-0.25, -0.2) is 8.42 Å². The molecule has 150 valence electrons. The van der Waals surface area contributed by atoms with E-state index in [0.29, 0.717) is 6.54 Å². The fraction of sp³-hybridized carbons (Fsp3) is 0.750. The van der Waals surface area contributed by atoms with Crippen LogP contribution in [-0.4, -0.2) is 67.6 Å². The van der Waals surface area contributed by atoms with Crippen LogP contribution in [0.4, 0.5) is 5.69 Å². The van der Waals surface area contributed by atoms with Crippen LogP contribution in [0.25, 0.3) is 0 Å². The summed E-state index contributed by atoms with van der Waals surface area (Å²) in [5.41, 5.74) is 3.10. The molecule has 3 heterocycles. The van der Waals surface area contributed by atoms with Gasteiger partial charge >= 0.3 is 0 Å². The lowest BCUT2D eigenvalue weighted by atomic mass is 10.1. The van der Waals surface area contributed by atoms with E-state index in [9.17, 15) is 8.42 Å². The molecule has 6 nitrogen and oxygen atoms in total. The van der Waals surface area contributed by atoms with Gasteiger partial charge in [0.05, 0.1) is 17.0 Å². The summed E-state index contributed by atoms with van der Waals surface area (Å²) in [6, 6.07) is 4.19. The maximum Gasteiger partial charge on any atom is 0.217 e. The molecular formula is C20H32N4O2S. The Hall–Kier alpha value is -1.18. The number of anilines is 1. The molecule has 0 spiro atoms. The Labute approximate surface area is 163 Å². The second-order valence-electron chi connectivity index (χ2n) is 8.40. The van der Waals surface area contributed by atoms with Crippen molar-refractivity contribution in [3.63, 3.8) is 0 Å². The summed E-state index contributed by atoms with van der Waals surface area (Å²) >= 11 is 0. The van der Waals surface area contributed by atoms with Gasteiger partial charge in [-0.1, -0.05) is 12.8 Å². The molecule has 4 rings (SSSR count). The molecule has 3 aliphatic rings. The van der Waals surface area contributed by atoms with Gasteiger partial charge in [0.2, 0.25) is 10.0 Å². The van der Waals surface area contributed by atoms with Gasteiger partial charge in [0.15, 0.2) is 0 Å². The van der Waals surface area contributed by atoms with E-state index in [2.05, 4.69) is 29.0 Å². The molecule has 1 atom stereocenters. The fourth-order valence-corrected chi connectivity index (χ4v) is 7.08. The Morgan fingerprint density at radius 3 is 2.37 bits per heavy atom. The average molecular weight is 393 g/mol. The molecule has 1 saturated carbocycles. The summed E-state index contributed by atoms with van der Waals surface area (Å²) in [5, 5.41) is -0.181. The quantitative estimate of drug-likeness (QED) is 0.788. The van der Waals surface area contributed by atoms with Crippen LogP contribution in [0.5, 0.6) is 0 Å². The number of hydrogen-bond donors (Lipinski definition) is 0. The zero-order valence-electron chi connectivity index (χ0n) is 16.6. The summed E-state index contributed by atoms with van der Waals surface area (Å²) in [6.07, 6.45) is 5.52. The average Bonchev–Trinajstić information content (AvgIpc) is 3.34. The summed E-state index contributed by atoms with van der Waals surface area (Å²) in [7, 11) is -1.06. The van der Waals surface area contributed by atoms with E-state index in [-0.39, 0.29) is 11.3 Å². The molecule has 3 fully saturated rings. The van der Waals surface area contributed by atoms with Gasteiger partial charge in [-0.05, 0) is 51.8 Å². The molecule has 0 bridgehead atoms. The second kappa shape index (κ2) is 7.68. The second-order valence-corrected chi connectivity index (χ2v) is 10.6. The monoisotopic (exact) mass is 392 g/mol. The third-order valence-electron chi connectivity index (χ3n) is 6.42. The highest BCUT2D eigenvalue weighted by molar-refractivity contribution is 7.89. The highest BCUT2D eigenvalue weighted by atomic mass is 32.2. The first-order chi connectivity index (χ1) is 12.9. The molecule has 2 aliphatic heterocycles. The number of rotatable bonds is 4. The number of piperazine rings is 1. The summed E-state index contributed by atoms with van der Waals surface area (Å²) in [4.78, 5) is 9.52. The van der Waals surface area contributed by atoms with Crippen LogP contribution in [0.15, 0.2) is 12.1 Å². The van der Waals surface area contributed by atoms with Gasteiger partial charge < -0.3 is 9.80 Å². The number of likely N-dealkylation sites (N-methyl/N-ethyl adjacent to an activating group) is 1. The highest BCUT2D eigenvalue weighted by Gasteiger charge is 2.41. The standard InChI is InChI=1S/C20H32N4O2S/c1-16-14-17(23-12-10-22(2)11-13-23)15-19(21-16)20-8-5-9-24(20)27(25,26)18-6-3-4-7-18/h14-15,18,20H,3-13H2,1-2H3. The van der Waals surface area contributed by atoms with Crippen molar-refractivity contribution >= 4 is 15.7 Å². The minimum absolute atomic E-state index is 0.0956. The van der Waals surface area contributed by atoms with Gasteiger partial charge in [0, 0.05) is 44.1 Å². The smallest absolute Gasteiger partial charge is 0.217 e. The van der Waals surface area contributed by atoms with Crippen LogP contribution in [0, 0.1) is 6.92 Å². The first-order valence-corrected chi connectivity index (χ1v) is 11.9. The van der Waals surface area contributed by atoms with Crippen molar-refractivity contribution in [3.8, 4) is 0 Å². The highest BCUT2D eigenvalue weighted by Crippen LogP contribution is 2.39. The third kappa shape index (κ3) is 3.87. The van der Waals surface area contributed by atoms with Crippen LogP contribution >= 0.6 is 0 Å². The molecule has 1 aromatic rings. The predicted molar refractivity (Wildman–Crippen MR) is 109 cm³/mol. The first-order valence-electron chi connectivity index (χ1n) is 10.4. The number of sulfonamides is 1. The number of pyridine rings is 1. The molecule has 2 saturated heterocycles. The molecule has 0 aromatic carbocycles. The van der Waals surface area contributed by atoms with Crippen LogP contribution in [0.1, 0.15) is 56.0 Å². The van der Waals surface area contributed by atoms with Crippen LogP contribution < -0.4 is 4.90 Å². The van der Waals surface area contributed by atoms with Crippen molar-refractivity contribution in [2.75, 3.05) is 44.7 Å². The molecule has 0 radical (unpaired) electrons. The Morgan fingerprint density at radius 1 is 0.963 bits per heavy atom. The topological polar surface area (TPSA) is 56.8 Å². The SMILES string of the molecule is Cc1cc(N2CCN(C)CC2)cc(C2CCCN2S(=O)(=O)C2CCCC2)n1. The van der Waals surface area contributed by atoms with Gasteiger partial charge in [0.1, 0.15) is 0 Å². The lowest BCUT2D eigenvalue weighted by Crippen LogP contribution is -2.44. The van der Waals surface area contributed by atoms with Gasteiger partial charge in [0.25, 0.3) is 0 Å². The lowest BCUT2D eigenvalue weighted by molar-refractivity contribution is 0.312. The molecule has 0 N–H and O–H groups in total. The molecule has 0 amide bonds. The van der Waals surface area contributed by atoms with E-state index in [1.807, 2.05) is 6.92 Å². The van der Waals surface area contributed by atoms with E-state index in [4.69, 9.17) is 4.98 Å². The maximum atomic E-state index is 13.2. The number of hydrogen-bond acceptors (Lipinski definition) is 5. The van der Waals surface area contributed by atoms with Gasteiger partial charge in [-0.15, -0.1) is 0 Å². The molecule has 1 aromatic heterocycles. The van der Waals surface area contributed by atoms with Crippen molar-refractivity contribution < 1.29 is 8.42 Å². The normalized spacial score (nSPS) is 26.1. The minimum atomic E-state index is -3.22. The zero-order chi connectivity index (χ0) is 19.0. The van der Waals surface area contributed by atoms with Crippen LogP contribution in [-0.2, 0) is 10.0 Å². The van der Waals surface area contributed by atoms with E-state index >= 15 is 0 Å². The summed E-state index contributed by atoms with van der Waals surface area (Å²) in [6.45, 7) is 6.80. The number of aromatic nitrogens is 1. The number of aryl methyl sites for hydroxylation is 1. The van der Waals surface area contributed by atoms with Gasteiger partial charge in [-0.3, -0.25) is 4.98 Å². The van der Waals surface area contributed by atoms with E-state index < -0.39 is 10.0 Å². The molecule has 7 heteroatoms. The first kappa shape index (κ1) is 19.2. The Balaban J connectivity index is 1.60. The lowest BCUT2D eigenvalue weighted by Gasteiger charge is -2.35. The minimum Gasteiger partial charge on any atom is -0.369 e. The van der Waals surface area contributed by atoms with E-state index in [0.717, 1.165) is 76.1 Å². The maximum absolute atomic E-state index is 13.2. The molecular weight excluding hydrogens is 360 g/mol. The molecule has 1 aliphatic carbocycles. The number of nitrogens with zero attached hydrogens (tertiary/aromatic N) is 4. The Morgan fingerprint density at radius 2 is 1.67 bits per heavy atom.